The molecule has 0 spiro atoms. The van der Waals surface area contributed by atoms with E-state index < -0.39 is 10.0 Å². The minimum Gasteiger partial charge on any atom is -0.373 e. The van der Waals surface area contributed by atoms with Gasteiger partial charge in [0.25, 0.3) is 0 Å². The van der Waals surface area contributed by atoms with Crippen molar-refractivity contribution in [2.24, 2.45) is 0 Å². The van der Waals surface area contributed by atoms with Gasteiger partial charge in [-0.1, -0.05) is 24.3 Å². The Hall–Kier alpha value is -1.81. The number of hydrogen-bond acceptors (Lipinski definition) is 6. The van der Waals surface area contributed by atoms with Crippen molar-refractivity contribution >= 4 is 27.3 Å². The van der Waals surface area contributed by atoms with Crippen molar-refractivity contribution in [1.29, 1.82) is 0 Å². The van der Waals surface area contributed by atoms with Crippen LogP contribution in [-0.2, 0) is 26.0 Å². The quantitative estimate of drug-likeness (QED) is 0.718. The first-order valence-electron chi connectivity index (χ1n) is 9.64. The van der Waals surface area contributed by atoms with E-state index in [4.69, 9.17) is 4.74 Å². The largest absolute Gasteiger partial charge is 0.373 e. The molecule has 0 bridgehead atoms. The molecule has 1 aliphatic heterocycles. The molecule has 1 amide bonds. The second-order valence-corrected chi connectivity index (χ2v) is 10.5. The molecule has 1 aromatic carbocycles. The number of aryl methyl sites for hydroxylation is 1. The number of ether oxygens (including phenoxy) is 1. The van der Waals surface area contributed by atoms with E-state index in [0.717, 1.165) is 21.8 Å². The fourth-order valence-electron chi connectivity index (χ4n) is 3.34. The molecule has 0 saturated carbocycles. The normalized spacial score (nSPS) is 20.5. The van der Waals surface area contributed by atoms with Crippen LogP contribution < -0.4 is 5.32 Å². The Morgan fingerprint density at radius 2 is 1.90 bits per heavy atom. The summed E-state index contributed by atoms with van der Waals surface area (Å²) in [5.74, 6) is -0.304. The molecule has 0 aliphatic carbocycles. The van der Waals surface area contributed by atoms with Gasteiger partial charge in [0.2, 0.25) is 15.9 Å². The van der Waals surface area contributed by atoms with Gasteiger partial charge in [-0.15, -0.1) is 11.3 Å². The molecule has 2 heterocycles. The molecular formula is C20H27N3O4S2. The van der Waals surface area contributed by atoms with E-state index in [1.54, 1.807) is 11.3 Å². The van der Waals surface area contributed by atoms with Crippen LogP contribution in [0.15, 0.2) is 29.6 Å². The van der Waals surface area contributed by atoms with Crippen LogP contribution in [0.25, 0.3) is 11.3 Å². The molecule has 1 saturated heterocycles. The fourth-order valence-corrected chi connectivity index (χ4v) is 5.46. The summed E-state index contributed by atoms with van der Waals surface area (Å²) in [6.45, 7) is 6.49. The van der Waals surface area contributed by atoms with Gasteiger partial charge in [-0.2, -0.15) is 4.31 Å². The lowest BCUT2D eigenvalue weighted by atomic mass is 10.1. The van der Waals surface area contributed by atoms with Gasteiger partial charge in [-0.3, -0.25) is 4.79 Å². The number of rotatable bonds is 7. The van der Waals surface area contributed by atoms with Crippen LogP contribution in [0.3, 0.4) is 0 Å². The van der Waals surface area contributed by atoms with E-state index in [1.807, 2.05) is 50.4 Å². The summed E-state index contributed by atoms with van der Waals surface area (Å²) >= 11 is 1.60. The Labute approximate surface area is 176 Å². The van der Waals surface area contributed by atoms with E-state index in [0.29, 0.717) is 13.1 Å². The van der Waals surface area contributed by atoms with Crippen molar-refractivity contribution in [1.82, 2.24) is 14.6 Å². The highest BCUT2D eigenvalue weighted by Crippen LogP contribution is 2.22. The second kappa shape index (κ2) is 9.34. The highest BCUT2D eigenvalue weighted by Gasteiger charge is 2.30. The maximum Gasteiger partial charge on any atom is 0.224 e. The number of amides is 1. The summed E-state index contributed by atoms with van der Waals surface area (Å²) in [6, 6.07) is 7.69. The number of hydrogen-bond donors (Lipinski definition) is 1. The monoisotopic (exact) mass is 437 g/mol. The smallest absolute Gasteiger partial charge is 0.224 e. The average Bonchev–Trinajstić information content (AvgIpc) is 3.08. The molecule has 2 aromatic rings. The predicted octanol–water partition coefficient (Wildman–Crippen LogP) is 2.22. The van der Waals surface area contributed by atoms with Gasteiger partial charge in [-0.25, -0.2) is 13.4 Å². The topological polar surface area (TPSA) is 88.6 Å². The Kier molecular flexibility index (Phi) is 7.05. The minimum atomic E-state index is -3.42. The van der Waals surface area contributed by atoms with Crippen molar-refractivity contribution < 1.29 is 17.9 Å². The summed E-state index contributed by atoms with van der Waals surface area (Å²) in [7, 11) is -3.42. The lowest BCUT2D eigenvalue weighted by Crippen LogP contribution is -2.49. The fraction of sp³-hybridized carbons (Fsp3) is 0.500. The predicted molar refractivity (Wildman–Crippen MR) is 114 cm³/mol. The van der Waals surface area contributed by atoms with Crippen LogP contribution in [0.1, 0.15) is 24.4 Å². The van der Waals surface area contributed by atoms with Gasteiger partial charge in [0.15, 0.2) is 0 Å². The molecule has 1 aromatic heterocycles. The van der Waals surface area contributed by atoms with Crippen molar-refractivity contribution in [2.75, 3.05) is 25.4 Å². The molecule has 2 atom stereocenters. The third-order valence-corrected chi connectivity index (χ3v) is 7.27. The van der Waals surface area contributed by atoms with Gasteiger partial charge in [0, 0.05) is 30.6 Å². The summed E-state index contributed by atoms with van der Waals surface area (Å²) < 4.78 is 32.0. The van der Waals surface area contributed by atoms with E-state index in [1.165, 1.54) is 4.31 Å². The summed E-state index contributed by atoms with van der Waals surface area (Å²) in [6.07, 6.45) is -0.0410. The molecular weight excluding hydrogens is 410 g/mol. The molecule has 29 heavy (non-hydrogen) atoms. The number of nitrogens with zero attached hydrogens (tertiary/aromatic N) is 2. The van der Waals surface area contributed by atoms with Gasteiger partial charge in [-0.05, 0) is 26.3 Å². The summed E-state index contributed by atoms with van der Waals surface area (Å²) in [5.41, 5.74) is 2.82. The molecule has 7 nitrogen and oxygen atoms in total. The molecule has 9 heteroatoms. The third-order valence-electron chi connectivity index (χ3n) is 4.70. The van der Waals surface area contributed by atoms with Crippen LogP contribution >= 0.6 is 11.3 Å². The van der Waals surface area contributed by atoms with Gasteiger partial charge < -0.3 is 10.1 Å². The van der Waals surface area contributed by atoms with E-state index in [9.17, 15) is 13.2 Å². The number of carbonyl (C=O) groups excluding carboxylic acids is 1. The Morgan fingerprint density at radius 3 is 2.48 bits per heavy atom. The number of morpholine rings is 1. The zero-order valence-electron chi connectivity index (χ0n) is 16.9. The average molecular weight is 438 g/mol. The zero-order chi connectivity index (χ0) is 21.0. The molecule has 1 N–H and O–H groups in total. The SMILES string of the molecule is Cc1nc(-c2ccc(CC(=O)NCCS(=O)(=O)N3C[C@@H](C)O[C@H](C)C3)cc2)cs1. The Morgan fingerprint density at radius 1 is 1.24 bits per heavy atom. The number of thiazole rings is 1. The summed E-state index contributed by atoms with van der Waals surface area (Å²) in [4.78, 5) is 16.6. The number of nitrogens with one attached hydrogen (secondary N) is 1. The molecule has 1 aliphatic rings. The molecule has 3 rings (SSSR count). The first-order chi connectivity index (χ1) is 13.7. The van der Waals surface area contributed by atoms with Crippen LogP contribution in [0, 0.1) is 6.92 Å². The number of benzene rings is 1. The van der Waals surface area contributed by atoms with E-state index in [-0.39, 0.29) is 36.8 Å². The number of aromatic nitrogens is 1. The molecule has 158 valence electrons. The van der Waals surface area contributed by atoms with Crippen molar-refractivity contribution in [3.8, 4) is 11.3 Å². The molecule has 0 radical (unpaired) electrons. The number of sulfonamides is 1. The third kappa shape index (κ3) is 6.08. The number of carbonyl (C=O) groups is 1. The van der Waals surface area contributed by atoms with E-state index in [2.05, 4.69) is 10.3 Å². The minimum absolute atomic E-state index is 0.0947. The van der Waals surface area contributed by atoms with Crippen LogP contribution in [0.5, 0.6) is 0 Å². The zero-order valence-corrected chi connectivity index (χ0v) is 18.6. The molecule has 1 fully saturated rings. The van der Waals surface area contributed by atoms with Crippen molar-refractivity contribution in [3.63, 3.8) is 0 Å². The molecule has 0 unspecified atom stereocenters. The van der Waals surface area contributed by atoms with Gasteiger partial charge >= 0.3 is 0 Å². The van der Waals surface area contributed by atoms with Crippen LogP contribution in [0.2, 0.25) is 0 Å². The maximum atomic E-state index is 12.5. The van der Waals surface area contributed by atoms with Crippen molar-refractivity contribution in [2.45, 2.75) is 39.4 Å². The van der Waals surface area contributed by atoms with Crippen LogP contribution in [0.4, 0.5) is 0 Å². The van der Waals surface area contributed by atoms with Gasteiger partial charge in [0.1, 0.15) is 0 Å². The first-order valence-corrected chi connectivity index (χ1v) is 12.1. The second-order valence-electron chi connectivity index (χ2n) is 7.37. The Bertz CT molecular complexity index is 931. The lowest BCUT2D eigenvalue weighted by Gasteiger charge is -2.34. The highest BCUT2D eigenvalue weighted by molar-refractivity contribution is 7.89. The van der Waals surface area contributed by atoms with Crippen molar-refractivity contribution in [3.05, 3.63) is 40.2 Å². The van der Waals surface area contributed by atoms with Crippen LogP contribution in [-0.4, -0.2) is 61.2 Å². The Balaban J connectivity index is 1.47. The summed E-state index contributed by atoms with van der Waals surface area (Å²) in [5, 5.41) is 5.73. The van der Waals surface area contributed by atoms with E-state index >= 15 is 0 Å². The first kappa shape index (κ1) is 21.9. The highest BCUT2D eigenvalue weighted by atomic mass is 32.2. The lowest BCUT2D eigenvalue weighted by molar-refractivity contribution is -0.120. The van der Waals surface area contributed by atoms with Gasteiger partial charge in [0.05, 0.1) is 35.1 Å². The standard InChI is InChI=1S/C20H27N3O4S2/c1-14-11-23(12-15(2)27-14)29(25,26)9-8-21-20(24)10-17-4-6-18(7-5-17)19-13-28-16(3)22-19/h4-7,13-15H,8-12H2,1-3H3,(H,21,24)/t14-,15-/m1/s1. The maximum absolute atomic E-state index is 12.5.